The number of ether oxygens (including phenoxy) is 1. The quantitative estimate of drug-likeness (QED) is 0.811. The Kier molecular flexibility index (Phi) is 6.52. The topological polar surface area (TPSA) is 44.8 Å². The number of hydrogen-bond donors (Lipinski definition) is 1. The largest absolute Gasteiger partial charge is 0.494 e. The lowest BCUT2D eigenvalue weighted by molar-refractivity contribution is -0.131. The Balaban J connectivity index is 1.41. The first kappa shape index (κ1) is 19.0. The second-order valence-corrected chi connectivity index (χ2v) is 6.45. The smallest absolute Gasteiger partial charge is 0.224 e. The van der Waals surface area contributed by atoms with Gasteiger partial charge in [-0.3, -0.25) is 4.79 Å². The minimum atomic E-state index is -0.211. The fraction of sp³-hybridized carbons (Fsp3) is 0.381. The van der Waals surface area contributed by atoms with Crippen LogP contribution < -0.4 is 15.0 Å². The fourth-order valence-corrected chi connectivity index (χ4v) is 3.21. The third kappa shape index (κ3) is 5.12. The van der Waals surface area contributed by atoms with Crippen LogP contribution in [0.5, 0.6) is 5.75 Å². The molecule has 0 radical (unpaired) electrons. The number of para-hydroxylation sites is 1. The first-order valence-corrected chi connectivity index (χ1v) is 9.41. The molecule has 1 saturated heterocycles. The van der Waals surface area contributed by atoms with E-state index in [1.54, 1.807) is 12.1 Å². The van der Waals surface area contributed by atoms with Crippen molar-refractivity contribution in [3.8, 4) is 5.75 Å². The Morgan fingerprint density at radius 3 is 2.44 bits per heavy atom. The minimum absolute atomic E-state index is 0.127. The van der Waals surface area contributed by atoms with Gasteiger partial charge in [-0.25, -0.2) is 4.39 Å². The van der Waals surface area contributed by atoms with Crippen molar-refractivity contribution in [2.75, 3.05) is 49.5 Å². The maximum Gasteiger partial charge on any atom is 0.224 e. The number of nitrogens with zero attached hydrogens (tertiary/aromatic N) is 2. The molecule has 3 rings (SSSR count). The highest BCUT2D eigenvalue weighted by atomic mass is 19.1. The van der Waals surface area contributed by atoms with Crippen molar-refractivity contribution in [3.63, 3.8) is 0 Å². The number of piperazine rings is 1. The van der Waals surface area contributed by atoms with Gasteiger partial charge in [0.25, 0.3) is 0 Å². The molecule has 1 fully saturated rings. The van der Waals surface area contributed by atoms with Gasteiger partial charge < -0.3 is 19.9 Å². The summed E-state index contributed by atoms with van der Waals surface area (Å²) in [5.74, 6) is 0.755. The van der Waals surface area contributed by atoms with E-state index in [4.69, 9.17) is 4.74 Å². The Morgan fingerprint density at radius 1 is 1.07 bits per heavy atom. The Morgan fingerprint density at radius 2 is 1.78 bits per heavy atom. The molecule has 1 aliphatic rings. The lowest BCUT2D eigenvalue weighted by atomic mass is 10.2. The highest BCUT2D eigenvalue weighted by Gasteiger charge is 2.22. The number of amides is 1. The van der Waals surface area contributed by atoms with Gasteiger partial charge in [-0.15, -0.1) is 0 Å². The minimum Gasteiger partial charge on any atom is -0.494 e. The standard InChI is InChI=1S/C21H26FN3O2/c1-2-27-18-9-7-17(8-10-18)23-12-11-21(26)25-15-13-24(14-16-25)20-6-4-3-5-19(20)22/h3-10,23H,2,11-16H2,1H3. The van der Waals surface area contributed by atoms with E-state index in [-0.39, 0.29) is 11.7 Å². The lowest BCUT2D eigenvalue weighted by Gasteiger charge is -2.36. The van der Waals surface area contributed by atoms with Crippen molar-refractivity contribution in [2.45, 2.75) is 13.3 Å². The molecule has 2 aromatic rings. The molecule has 0 aromatic heterocycles. The molecule has 0 bridgehead atoms. The summed E-state index contributed by atoms with van der Waals surface area (Å²) in [5.41, 5.74) is 1.58. The van der Waals surface area contributed by atoms with Crippen molar-refractivity contribution in [1.82, 2.24) is 4.90 Å². The summed E-state index contributed by atoms with van der Waals surface area (Å²) in [4.78, 5) is 16.3. The molecule has 0 unspecified atom stereocenters. The molecule has 5 nitrogen and oxygen atoms in total. The number of anilines is 2. The molecule has 27 heavy (non-hydrogen) atoms. The van der Waals surface area contributed by atoms with Crippen LogP contribution in [-0.2, 0) is 4.79 Å². The van der Waals surface area contributed by atoms with Crippen molar-refractivity contribution in [3.05, 3.63) is 54.3 Å². The van der Waals surface area contributed by atoms with Gasteiger partial charge >= 0.3 is 0 Å². The zero-order chi connectivity index (χ0) is 19.1. The maximum atomic E-state index is 13.9. The third-order valence-electron chi connectivity index (χ3n) is 4.66. The number of rotatable bonds is 7. The highest BCUT2D eigenvalue weighted by molar-refractivity contribution is 5.77. The van der Waals surface area contributed by atoms with Crippen LogP contribution in [0.15, 0.2) is 48.5 Å². The van der Waals surface area contributed by atoms with Crippen molar-refractivity contribution >= 4 is 17.3 Å². The summed E-state index contributed by atoms with van der Waals surface area (Å²) in [6, 6.07) is 14.5. The highest BCUT2D eigenvalue weighted by Crippen LogP contribution is 2.20. The molecule has 1 heterocycles. The molecule has 1 aliphatic heterocycles. The molecule has 0 aliphatic carbocycles. The van der Waals surface area contributed by atoms with E-state index in [0.717, 1.165) is 11.4 Å². The summed E-state index contributed by atoms with van der Waals surface area (Å²) < 4.78 is 19.3. The Bertz CT molecular complexity index is 743. The van der Waals surface area contributed by atoms with E-state index < -0.39 is 0 Å². The third-order valence-corrected chi connectivity index (χ3v) is 4.66. The summed E-state index contributed by atoms with van der Waals surface area (Å²) in [7, 11) is 0. The predicted molar refractivity (Wildman–Crippen MR) is 106 cm³/mol. The van der Waals surface area contributed by atoms with Gasteiger partial charge in [0.15, 0.2) is 0 Å². The second-order valence-electron chi connectivity index (χ2n) is 6.45. The van der Waals surface area contributed by atoms with Crippen molar-refractivity contribution < 1.29 is 13.9 Å². The Labute approximate surface area is 159 Å². The zero-order valence-electron chi connectivity index (χ0n) is 15.7. The van der Waals surface area contributed by atoms with Crippen molar-refractivity contribution in [1.29, 1.82) is 0 Å². The van der Waals surface area contributed by atoms with E-state index in [2.05, 4.69) is 5.32 Å². The first-order valence-electron chi connectivity index (χ1n) is 9.41. The number of benzene rings is 2. The van der Waals surface area contributed by atoms with Gasteiger partial charge in [0.1, 0.15) is 11.6 Å². The van der Waals surface area contributed by atoms with Gasteiger partial charge in [-0.05, 0) is 43.3 Å². The van der Waals surface area contributed by atoms with Crippen LogP contribution in [0.1, 0.15) is 13.3 Å². The number of carbonyl (C=O) groups excluding carboxylic acids is 1. The molecule has 1 N–H and O–H groups in total. The van der Waals surface area contributed by atoms with Crippen LogP contribution in [0.2, 0.25) is 0 Å². The van der Waals surface area contributed by atoms with E-state index >= 15 is 0 Å². The number of carbonyl (C=O) groups is 1. The van der Waals surface area contributed by atoms with Crippen LogP contribution >= 0.6 is 0 Å². The molecule has 6 heteroatoms. The van der Waals surface area contributed by atoms with Crippen LogP contribution in [0.25, 0.3) is 0 Å². The van der Waals surface area contributed by atoms with Gasteiger partial charge in [-0.2, -0.15) is 0 Å². The molecular weight excluding hydrogens is 345 g/mol. The molecule has 0 saturated carbocycles. The molecule has 0 atom stereocenters. The number of hydrogen-bond acceptors (Lipinski definition) is 4. The normalized spacial score (nSPS) is 14.1. The average Bonchev–Trinajstić information content (AvgIpc) is 2.70. The van der Waals surface area contributed by atoms with E-state index in [1.165, 1.54) is 6.07 Å². The monoisotopic (exact) mass is 371 g/mol. The molecule has 2 aromatic carbocycles. The van der Waals surface area contributed by atoms with Gasteiger partial charge in [0, 0.05) is 44.8 Å². The van der Waals surface area contributed by atoms with Crippen LogP contribution in [0, 0.1) is 5.82 Å². The summed E-state index contributed by atoms with van der Waals surface area (Å²) in [5, 5.41) is 3.26. The van der Waals surface area contributed by atoms with Crippen LogP contribution in [-0.4, -0.2) is 50.1 Å². The van der Waals surface area contributed by atoms with Crippen LogP contribution in [0.3, 0.4) is 0 Å². The number of nitrogens with one attached hydrogen (secondary N) is 1. The lowest BCUT2D eigenvalue weighted by Crippen LogP contribution is -2.49. The summed E-state index contributed by atoms with van der Waals surface area (Å²) in [6.07, 6.45) is 0.437. The second kappa shape index (κ2) is 9.26. The first-order chi connectivity index (χ1) is 13.2. The zero-order valence-corrected chi connectivity index (χ0v) is 15.7. The number of halogens is 1. The van der Waals surface area contributed by atoms with Crippen LogP contribution in [0.4, 0.5) is 15.8 Å². The van der Waals surface area contributed by atoms with Gasteiger partial charge in [0.2, 0.25) is 5.91 Å². The van der Waals surface area contributed by atoms with E-state index in [1.807, 2.05) is 47.1 Å². The summed E-state index contributed by atoms with van der Waals surface area (Å²) >= 11 is 0. The van der Waals surface area contributed by atoms with E-state index in [9.17, 15) is 9.18 Å². The molecular formula is C21H26FN3O2. The fourth-order valence-electron chi connectivity index (χ4n) is 3.21. The van der Waals surface area contributed by atoms with Gasteiger partial charge in [0.05, 0.1) is 12.3 Å². The molecule has 1 amide bonds. The molecule has 0 spiro atoms. The Hall–Kier alpha value is -2.76. The van der Waals surface area contributed by atoms with E-state index in [0.29, 0.717) is 51.4 Å². The SMILES string of the molecule is CCOc1ccc(NCCC(=O)N2CCN(c3ccccc3F)CC2)cc1. The predicted octanol–water partition coefficient (Wildman–Crippen LogP) is 3.38. The maximum absolute atomic E-state index is 13.9. The molecule has 144 valence electrons. The summed E-state index contributed by atoms with van der Waals surface area (Å²) in [6.45, 7) is 5.73. The average molecular weight is 371 g/mol. The van der Waals surface area contributed by atoms with Gasteiger partial charge in [-0.1, -0.05) is 12.1 Å². The van der Waals surface area contributed by atoms with Crippen molar-refractivity contribution in [2.24, 2.45) is 0 Å².